The van der Waals surface area contributed by atoms with E-state index in [1.54, 1.807) is 34.9 Å². The molecule has 2 N–H and O–H groups in total. The van der Waals surface area contributed by atoms with Gasteiger partial charge in [0, 0.05) is 57.5 Å². The van der Waals surface area contributed by atoms with Gasteiger partial charge >= 0.3 is 6.09 Å². The second-order valence-corrected chi connectivity index (χ2v) is 17.4. The fourth-order valence-electron chi connectivity index (χ4n) is 7.84. The molecule has 12 nitrogen and oxygen atoms in total. The maximum absolute atomic E-state index is 14.3. The summed E-state index contributed by atoms with van der Waals surface area (Å²) in [7, 11) is 1.60. The van der Waals surface area contributed by atoms with Crippen molar-refractivity contribution < 1.29 is 33.3 Å². The van der Waals surface area contributed by atoms with Crippen LogP contribution in [-0.2, 0) is 20.9 Å². The number of morpholine rings is 1. The number of ether oxygens (including phenoxy) is 4. The molecule has 0 spiro atoms. The molecule has 302 valence electrons. The quantitative estimate of drug-likeness (QED) is 0.180. The monoisotopic (exact) mass is 817 g/mol. The Morgan fingerprint density at radius 3 is 2.40 bits per heavy atom. The molecule has 14 heteroatoms. The summed E-state index contributed by atoms with van der Waals surface area (Å²) in [5.74, 6) is 1.03. The molecule has 0 atom stereocenters. The Balaban J connectivity index is 1.17. The number of fused-ring (bicyclic) bond motifs is 3. The van der Waals surface area contributed by atoms with E-state index < -0.39 is 17.2 Å². The standard InChI is InChI=1S/C43H49Cl2N5O7/c1-42(2,3)57-41(53)46-22-25-10-12-26(13-11-25)39(51)47-30-9-7-8-27(16-30)32-20-33-36(21-35(32)54-6)56-23-34-37(40(52)49-14-15-55-24-43(49,4)5)48-50(38(33)34)31-18-28(44)17-29(45)19-31/h7-9,16-21,25-26H,10-15,22-24H2,1-6H3,(H,46,53)(H,47,51). The Hall–Kier alpha value is -4.78. The average Bonchev–Trinajstić information content (AvgIpc) is 3.56. The molecule has 7 rings (SSSR count). The van der Waals surface area contributed by atoms with Crippen molar-refractivity contribution in [2.75, 3.05) is 38.7 Å². The molecular formula is C43H49Cl2N5O7. The molecule has 1 aromatic heterocycles. The van der Waals surface area contributed by atoms with Gasteiger partial charge in [-0.15, -0.1) is 0 Å². The number of rotatable bonds is 8. The molecule has 1 saturated heterocycles. The Morgan fingerprint density at radius 1 is 0.982 bits per heavy atom. The lowest BCUT2D eigenvalue weighted by molar-refractivity contribution is -0.121. The number of alkyl carbamates (subject to hydrolysis) is 1. The van der Waals surface area contributed by atoms with E-state index in [2.05, 4.69) is 10.6 Å². The summed E-state index contributed by atoms with van der Waals surface area (Å²) in [5.41, 5.74) is 3.99. The number of carbonyl (C=O) groups excluding carboxylic acids is 3. The fraction of sp³-hybridized carbons (Fsp3) is 0.442. The van der Waals surface area contributed by atoms with E-state index in [0.717, 1.165) is 36.8 Å². The summed E-state index contributed by atoms with van der Waals surface area (Å²) in [6, 6.07) is 16.6. The van der Waals surface area contributed by atoms with E-state index in [9.17, 15) is 14.4 Å². The normalized spacial score (nSPS) is 18.8. The van der Waals surface area contributed by atoms with Gasteiger partial charge in [-0.05, 0) is 108 Å². The third-order valence-electron chi connectivity index (χ3n) is 10.7. The van der Waals surface area contributed by atoms with Gasteiger partial charge in [0.2, 0.25) is 5.91 Å². The highest BCUT2D eigenvalue weighted by molar-refractivity contribution is 6.34. The highest BCUT2D eigenvalue weighted by Gasteiger charge is 2.39. The Bertz CT molecular complexity index is 2170. The van der Waals surface area contributed by atoms with Crippen LogP contribution >= 0.6 is 23.2 Å². The van der Waals surface area contributed by atoms with Crippen LogP contribution in [0.3, 0.4) is 0 Å². The van der Waals surface area contributed by atoms with Crippen LogP contribution in [0.1, 0.15) is 76.4 Å². The van der Waals surface area contributed by atoms with Gasteiger partial charge in [0.25, 0.3) is 5.91 Å². The number of halogens is 2. The van der Waals surface area contributed by atoms with Gasteiger partial charge in [0.05, 0.1) is 37.2 Å². The van der Waals surface area contributed by atoms with Crippen molar-refractivity contribution in [3.05, 3.63) is 75.9 Å². The van der Waals surface area contributed by atoms with Crippen LogP contribution in [0.5, 0.6) is 11.5 Å². The Morgan fingerprint density at radius 2 is 1.72 bits per heavy atom. The van der Waals surface area contributed by atoms with E-state index in [0.29, 0.717) is 82.0 Å². The molecule has 4 aromatic rings. The first-order valence-corrected chi connectivity index (χ1v) is 20.1. The fourth-order valence-corrected chi connectivity index (χ4v) is 8.35. The maximum atomic E-state index is 14.3. The van der Waals surface area contributed by atoms with E-state index in [4.69, 9.17) is 47.2 Å². The van der Waals surface area contributed by atoms with Crippen LogP contribution in [-0.4, -0.2) is 77.1 Å². The number of nitrogens with zero attached hydrogens (tertiary/aromatic N) is 3. The third-order valence-corrected chi connectivity index (χ3v) is 11.1. The van der Waals surface area contributed by atoms with Crippen molar-refractivity contribution in [3.63, 3.8) is 0 Å². The molecule has 0 bridgehead atoms. The zero-order chi connectivity index (χ0) is 40.6. The predicted octanol–water partition coefficient (Wildman–Crippen LogP) is 8.93. The highest BCUT2D eigenvalue weighted by Crippen LogP contribution is 2.47. The number of carbonyl (C=O) groups is 3. The minimum absolute atomic E-state index is 0.0362. The molecule has 1 aliphatic carbocycles. The molecule has 3 heterocycles. The maximum Gasteiger partial charge on any atom is 0.407 e. The molecule has 0 unspecified atom stereocenters. The molecular weight excluding hydrogens is 769 g/mol. The number of aromatic nitrogens is 2. The first kappa shape index (κ1) is 40.4. The molecule has 3 amide bonds. The van der Waals surface area contributed by atoms with Crippen molar-refractivity contribution in [1.29, 1.82) is 0 Å². The van der Waals surface area contributed by atoms with Gasteiger partial charge in [0.15, 0.2) is 5.69 Å². The SMILES string of the molecule is COc1cc2c(cc1-c1cccc(NC(=O)C3CCC(CNC(=O)OC(C)(C)C)CC3)c1)-c1c(c(C(=O)N3CCOCC3(C)C)nn1-c1cc(Cl)cc(Cl)c1)CO2. The number of methoxy groups -OCH3 is 1. The lowest BCUT2D eigenvalue weighted by atomic mass is 9.81. The van der Waals surface area contributed by atoms with Gasteiger partial charge in [0.1, 0.15) is 23.7 Å². The van der Waals surface area contributed by atoms with Crippen molar-refractivity contribution in [2.45, 2.75) is 78.0 Å². The van der Waals surface area contributed by atoms with E-state index in [-0.39, 0.29) is 30.0 Å². The van der Waals surface area contributed by atoms with Crippen molar-refractivity contribution in [3.8, 4) is 39.6 Å². The van der Waals surface area contributed by atoms with Crippen LogP contribution in [0.25, 0.3) is 28.1 Å². The van der Waals surface area contributed by atoms with Crippen molar-refractivity contribution in [1.82, 2.24) is 20.0 Å². The van der Waals surface area contributed by atoms with Gasteiger partial charge in [-0.1, -0.05) is 35.3 Å². The van der Waals surface area contributed by atoms with Crippen molar-refractivity contribution in [2.24, 2.45) is 11.8 Å². The second kappa shape index (κ2) is 16.2. The number of hydrogen-bond acceptors (Lipinski definition) is 8. The van der Waals surface area contributed by atoms with Crippen LogP contribution < -0.4 is 20.1 Å². The van der Waals surface area contributed by atoms with Crippen LogP contribution in [0, 0.1) is 11.8 Å². The number of anilines is 1. The molecule has 1 saturated carbocycles. The van der Waals surface area contributed by atoms with Crippen molar-refractivity contribution >= 4 is 46.8 Å². The van der Waals surface area contributed by atoms with Crippen LogP contribution in [0.15, 0.2) is 54.6 Å². The Labute approximate surface area is 343 Å². The van der Waals surface area contributed by atoms with Crippen LogP contribution in [0.4, 0.5) is 10.5 Å². The van der Waals surface area contributed by atoms with Gasteiger partial charge in [-0.2, -0.15) is 5.10 Å². The third kappa shape index (κ3) is 8.88. The molecule has 0 radical (unpaired) electrons. The molecule has 3 aliphatic rings. The zero-order valence-electron chi connectivity index (χ0n) is 33.2. The number of nitrogens with one attached hydrogen (secondary N) is 2. The van der Waals surface area contributed by atoms with Gasteiger partial charge in [-0.25, -0.2) is 9.48 Å². The average molecular weight is 819 g/mol. The summed E-state index contributed by atoms with van der Waals surface area (Å²) < 4.78 is 25.0. The number of benzene rings is 3. The first-order valence-electron chi connectivity index (χ1n) is 19.3. The lowest BCUT2D eigenvalue weighted by Crippen LogP contribution is -2.55. The summed E-state index contributed by atoms with van der Waals surface area (Å²) >= 11 is 13.0. The summed E-state index contributed by atoms with van der Waals surface area (Å²) in [5, 5.41) is 11.8. The summed E-state index contributed by atoms with van der Waals surface area (Å²) in [4.78, 5) is 41.8. The molecule has 2 fully saturated rings. The molecule has 2 aliphatic heterocycles. The van der Waals surface area contributed by atoms with E-state index in [1.165, 1.54) is 0 Å². The largest absolute Gasteiger partial charge is 0.496 e. The highest BCUT2D eigenvalue weighted by atomic mass is 35.5. The number of amides is 3. The summed E-state index contributed by atoms with van der Waals surface area (Å²) in [6.07, 6.45) is 2.70. The van der Waals surface area contributed by atoms with Gasteiger partial charge in [-0.3, -0.25) is 9.59 Å². The first-order chi connectivity index (χ1) is 27.1. The summed E-state index contributed by atoms with van der Waals surface area (Å²) in [6.45, 7) is 11.4. The number of hydrogen-bond donors (Lipinski definition) is 2. The predicted molar refractivity (Wildman–Crippen MR) is 220 cm³/mol. The molecule has 3 aromatic carbocycles. The molecule has 57 heavy (non-hydrogen) atoms. The minimum atomic E-state index is -0.552. The lowest BCUT2D eigenvalue weighted by Gasteiger charge is -2.41. The zero-order valence-corrected chi connectivity index (χ0v) is 34.7. The minimum Gasteiger partial charge on any atom is -0.496 e. The smallest absolute Gasteiger partial charge is 0.407 e. The topological polar surface area (TPSA) is 133 Å². The Kier molecular flexibility index (Phi) is 11.5. The second-order valence-electron chi connectivity index (χ2n) is 16.5. The van der Waals surface area contributed by atoms with Gasteiger partial charge < -0.3 is 34.5 Å². The van der Waals surface area contributed by atoms with E-state index in [1.807, 2.05) is 71.0 Å². The van der Waals surface area contributed by atoms with Crippen LogP contribution in [0.2, 0.25) is 10.0 Å². The van der Waals surface area contributed by atoms with E-state index >= 15 is 0 Å².